The van der Waals surface area contributed by atoms with E-state index in [2.05, 4.69) is 29.3 Å². The summed E-state index contributed by atoms with van der Waals surface area (Å²) in [5.41, 5.74) is 1.23. The molecule has 2 rings (SSSR count). The molecule has 0 aliphatic carbocycles. The summed E-state index contributed by atoms with van der Waals surface area (Å²) in [6.07, 6.45) is 5.36. The van der Waals surface area contributed by atoms with Crippen molar-refractivity contribution in [3.63, 3.8) is 0 Å². The highest BCUT2D eigenvalue weighted by molar-refractivity contribution is 5.48. The van der Waals surface area contributed by atoms with Crippen LogP contribution in [0.2, 0.25) is 0 Å². The van der Waals surface area contributed by atoms with Gasteiger partial charge in [0.05, 0.1) is 0 Å². The average Bonchev–Trinajstić information content (AvgIpc) is 2.76. The summed E-state index contributed by atoms with van der Waals surface area (Å²) in [6, 6.07) is 10.3. The Morgan fingerprint density at radius 1 is 1.33 bits per heavy atom. The minimum absolute atomic E-state index is 0.315. The first kappa shape index (κ1) is 10.2. The van der Waals surface area contributed by atoms with Crippen LogP contribution >= 0.6 is 0 Å². The van der Waals surface area contributed by atoms with Crippen molar-refractivity contribution in [2.45, 2.75) is 6.42 Å². The number of nitrogens with zero attached hydrogens (tertiary/aromatic N) is 1. The summed E-state index contributed by atoms with van der Waals surface area (Å²) in [5, 5.41) is 9.02. The molecular formula is C13H17NO. The Morgan fingerprint density at radius 3 is 2.80 bits per heavy atom. The molecule has 0 bridgehead atoms. The summed E-state index contributed by atoms with van der Waals surface area (Å²) in [7, 11) is 0. The molecule has 0 amide bonds. The maximum atomic E-state index is 9.02. The van der Waals surface area contributed by atoms with Crippen molar-refractivity contribution in [3.05, 3.63) is 42.1 Å². The summed E-state index contributed by atoms with van der Waals surface area (Å²) in [5.74, 6) is 0.463. The number of likely N-dealkylation sites (tertiary alicyclic amines) is 1. The fraction of sp³-hybridized carbons (Fsp3) is 0.385. The monoisotopic (exact) mass is 203 g/mol. The third-order valence-electron chi connectivity index (χ3n) is 2.85. The van der Waals surface area contributed by atoms with E-state index in [4.69, 9.17) is 5.11 Å². The molecule has 15 heavy (non-hydrogen) atoms. The molecule has 2 heteroatoms. The predicted octanol–water partition coefficient (Wildman–Crippen LogP) is 1.97. The van der Waals surface area contributed by atoms with Gasteiger partial charge >= 0.3 is 0 Å². The summed E-state index contributed by atoms with van der Waals surface area (Å²) >= 11 is 0. The Kier molecular flexibility index (Phi) is 3.41. The van der Waals surface area contributed by atoms with Crippen LogP contribution in [0.25, 0.3) is 6.08 Å². The number of benzene rings is 1. The minimum Gasteiger partial charge on any atom is -0.396 e. The maximum Gasteiger partial charge on any atom is 0.0476 e. The second-order valence-corrected chi connectivity index (χ2v) is 4.06. The van der Waals surface area contributed by atoms with Crippen molar-refractivity contribution in [1.82, 2.24) is 4.90 Å². The van der Waals surface area contributed by atoms with E-state index in [9.17, 15) is 0 Å². The molecule has 1 fully saturated rings. The lowest BCUT2D eigenvalue weighted by Gasteiger charge is -2.11. The first-order valence-corrected chi connectivity index (χ1v) is 5.46. The first-order valence-electron chi connectivity index (χ1n) is 5.46. The Bertz CT molecular complexity index is 321. The van der Waals surface area contributed by atoms with Crippen LogP contribution in [0.1, 0.15) is 12.0 Å². The van der Waals surface area contributed by atoms with Gasteiger partial charge in [-0.05, 0) is 24.3 Å². The molecule has 0 spiro atoms. The fourth-order valence-corrected chi connectivity index (χ4v) is 1.90. The largest absolute Gasteiger partial charge is 0.396 e. The molecule has 1 aromatic rings. The van der Waals surface area contributed by atoms with Gasteiger partial charge in [-0.1, -0.05) is 30.3 Å². The molecule has 1 saturated heterocycles. The zero-order valence-electron chi connectivity index (χ0n) is 8.84. The Labute approximate surface area is 90.8 Å². The third-order valence-corrected chi connectivity index (χ3v) is 2.85. The topological polar surface area (TPSA) is 23.5 Å². The quantitative estimate of drug-likeness (QED) is 0.812. The number of hydrogen-bond donors (Lipinski definition) is 1. The second-order valence-electron chi connectivity index (χ2n) is 4.06. The third kappa shape index (κ3) is 2.83. The molecule has 0 unspecified atom stereocenters. The van der Waals surface area contributed by atoms with Crippen molar-refractivity contribution < 1.29 is 5.11 Å². The van der Waals surface area contributed by atoms with Gasteiger partial charge < -0.3 is 10.0 Å². The van der Waals surface area contributed by atoms with Crippen molar-refractivity contribution >= 4 is 6.08 Å². The number of rotatable bonds is 3. The van der Waals surface area contributed by atoms with Crippen LogP contribution in [0, 0.1) is 5.92 Å². The van der Waals surface area contributed by atoms with Crippen molar-refractivity contribution in [1.29, 1.82) is 0 Å². The van der Waals surface area contributed by atoms with E-state index in [1.807, 2.05) is 18.2 Å². The minimum atomic E-state index is 0.315. The smallest absolute Gasteiger partial charge is 0.0476 e. The number of hydrogen-bond acceptors (Lipinski definition) is 2. The van der Waals surface area contributed by atoms with E-state index >= 15 is 0 Å². The molecule has 80 valence electrons. The highest BCUT2D eigenvalue weighted by Gasteiger charge is 2.18. The van der Waals surface area contributed by atoms with Crippen LogP contribution in [0.5, 0.6) is 0 Å². The van der Waals surface area contributed by atoms with Crippen LogP contribution in [0.15, 0.2) is 36.5 Å². The molecular weight excluding hydrogens is 186 g/mol. The summed E-state index contributed by atoms with van der Waals surface area (Å²) in [6.45, 7) is 2.37. The number of aliphatic hydroxyl groups excluding tert-OH is 1. The van der Waals surface area contributed by atoms with Gasteiger partial charge in [-0.3, -0.25) is 0 Å². The van der Waals surface area contributed by atoms with Crippen molar-refractivity contribution in [3.8, 4) is 0 Å². The SMILES string of the molecule is OC[C@@H]1CCN(C=Cc2ccccc2)C1. The molecule has 2 nitrogen and oxygen atoms in total. The molecule has 0 saturated carbocycles. The van der Waals surface area contributed by atoms with Crippen LogP contribution in [-0.2, 0) is 0 Å². The standard InChI is InChI=1S/C13H17NO/c15-11-13-7-9-14(10-13)8-6-12-4-2-1-3-5-12/h1-6,8,13,15H,7,9-11H2/t13-/m1/s1. The van der Waals surface area contributed by atoms with Crippen molar-refractivity contribution in [2.24, 2.45) is 5.92 Å². The van der Waals surface area contributed by atoms with E-state index < -0.39 is 0 Å². The van der Waals surface area contributed by atoms with Gasteiger partial charge in [0.2, 0.25) is 0 Å². The van der Waals surface area contributed by atoms with Gasteiger partial charge in [-0.2, -0.15) is 0 Å². The van der Waals surface area contributed by atoms with Gasteiger partial charge in [0, 0.05) is 25.6 Å². The Morgan fingerprint density at radius 2 is 2.13 bits per heavy atom. The highest BCUT2D eigenvalue weighted by atomic mass is 16.3. The zero-order chi connectivity index (χ0) is 10.5. The van der Waals surface area contributed by atoms with Gasteiger partial charge in [-0.25, -0.2) is 0 Å². The molecule has 1 N–H and O–H groups in total. The van der Waals surface area contributed by atoms with E-state index in [1.54, 1.807) is 0 Å². The van der Waals surface area contributed by atoms with Gasteiger partial charge in [-0.15, -0.1) is 0 Å². The summed E-state index contributed by atoms with van der Waals surface area (Å²) in [4.78, 5) is 2.27. The number of aliphatic hydroxyl groups is 1. The summed E-state index contributed by atoms with van der Waals surface area (Å²) < 4.78 is 0. The van der Waals surface area contributed by atoms with Gasteiger partial charge in [0.25, 0.3) is 0 Å². The molecule has 1 heterocycles. The molecule has 1 atom stereocenters. The lowest BCUT2D eigenvalue weighted by atomic mass is 10.1. The zero-order valence-corrected chi connectivity index (χ0v) is 8.84. The molecule has 1 aliphatic heterocycles. The Hall–Kier alpha value is -1.28. The normalized spacial score (nSPS) is 21.4. The van der Waals surface area contributed by atoms with Gasteiger partial charge in [0.1, 0.15) is 0 Å². The average molecular weight is 203 g/mol. The van der Waals surface area contributed by atoms with Crippen LogP contribution in [-0.4, -0.2) is 29.7 Å². The van der Waals surface area contributed by atoms with Crippen LogP contribution in [0.4, 0.5) is 0 Å². The second kappa shape index (κ2) is 4.99. The Balaban J connectivity index is 1.90. The lowest BCUT2D eigenvalue weighted by Crippen LogP contribution is -2.14. The van der Waals surface area contributed by atoms with Crippen molar-refractivity contribution in [2.75, 3.05) is 19.7 Å². The molecule has 1 aliphatic rings. The predicted molar refractivity (Wildman–Crippen MR) is 62.2 cm³/mol. The van der Waals surface area contributed by atoms with E-state index in [0.717, 1.165) is 19.5 Å². The molecule has 1 aromatic carbocycles. The van der Waals surface area contributed by atoms with Crippen LogP contribution < -0.4 is 0 Å². The van der Waals surface area contributed by atoms with E-state index in [0.29, 0.717) is 12.5 Å². The lowest BCUT2D eigenvalue weighted by molar-refractivity contribution is 0.230. The fourth-order valence-electron chi connectivity index (χ4n) is 1.90. The first-order chi connectivity index (χ1) is 7.38. The highest BCUT2D eigenvalue weighted by Crippen LogP contribution is 2.16. The van der Waals surface area contributed by atoms with E-state index in [1.165, 1.54) is 5.56 Å². The van der Waals surface area contributed by atoms with Gasteiger partial charge in [0.15, 0.2) is 0 Å². The maximum absolute atomic E-state index is 9.02. The molecule has 0 radical (unpaired) electrons. The molecule has 0 aromatic heterocycles. The van der Waals surface area contributed by atoms with Crippen LogP contribution in [0.3, 0.4) is 0 Å². The van der Waals surface area contributed by atoms with E-state index in [-0.39, 0.29) is 0 Å².